The zero-order chi connectivity index (χ0) is 15.5. The minimum Gasteiger partial charge on any atom is -0.478 e. The average Bonchev–Trinajstić information content (AvgIpc) is 2.97. The van der Waals surface area contributed by atoms with Crippen molar-refractivity contribution in [2.75, 3.05) is 5.32 Å². The molecular weight excluding hydrogens is 303 g/mol. The number of benzene rings is 2. The second-order valence-corrected chi connectivity index (χ2v) is 5.41. The Kier molecular flexibility index (Phi) is 3.84. The first kappa shape index (κ1) is 14.2. The molecule has 0 atom stereocenters. The summed E-state index contributed by atoms with van der Waals surface area (Å²) in [5.74, 6) is -1.24. The third-order valence-electron chi connectivity index (χ3n) is 3.03. The van der Waals surface area contributed by atoms with Crippen LogP contribution in [-0.2, 0) is 0 Å². The van der Waals surface area contributed by atoms with Gasteiger partial charge in [0.05, 0.1) is 11.3 Å². The Labute approximate surface area is 129 Å². The third kappa shape index (κ3) is 3.12. The monoisotopic (exact) mass is 314 g/mol. The Morgan fingerprint density at radius 2 is 1.77 bits per heavy atom. The molecule has 0 radical (unpaired) electrons. The Balaban J connectivity index is 1.76. The summed E-state index contributed by atoms with van der Waals surface area (Å²) in [6, 6.07) is 12.6. The molecule has 0 saturated heterocycles. The number of nitrogens with zero attached hydrogens (tertiary/aromatic N) is 1. The highest BCUT2D eigenvalue weighted by atomic mass is 32.1. The summed E-state index contributed by atoms with van der Waals surface area (Å²) < 4.78 is 12.9. The van der Waals surface area contributed by atoms with Gasteiger partial charge in [-0.3, -0.25) is 0 Å². The molecule has 4 nitrogen and oxygen atoms in total. The minimum absolute atomic E-state index is 0.233. The second-order valence-electron chi connectivity index (χ2n) is 4.55. The number of anilines is 2. The van der Waals surface area contributed by atoms with Crippen molar-refractivity contribution in [3.05, 3.63) is 65.3 Å². The van der Waals surface area contributed by atoms with E-state index in [-0.39, 0.29) is 11.4 Å². The molecule has 1 aromatic heterocycles. The molecule has 0 spiro atoms. The van der Waals surface area contributed by atoms with Crippen LogP contribution in [0.15, 0.2) is 53.9 Å². The lowest BCUT2D eigenvalue weighted by Crippen LogP contribution is -1.96. The Hall–Kier alpha value is -2.73. The summed E-state index contributed by atoms with van der Waals surface area (Å²) in [6.07, 6.45) is 0. The number of thiazole rings is 1. The van der Waals surface area contributed by atoms with Crippen molar-refractivity contribution in [1.82, 2.24) is 4.98 Å². The normalized spacial score (nSPS) is 10.4. The smallest absolute Gasteiger partial charge is 0.335 e. The highest BCUT2D eigenvalue weighted by Crippen LogP contribution is 2.27. The lowest BCUT2D eigenvalue weighted by Gasteiger charge is -2.02. The molecule has 3 aromatic rings. The molecule has 0 bridgehead atoms. The lowest BCUT2D eigenvalue weighted by molar-refractivity contribution is 0.0697. The predicted octanol–water partition coefficient (Wildman–Crippen LogP) is 4.39. The van der Waals surface area contributed by atoms with Crippen molar-refractivity contribution in [2.24, 2.45) is 0 Å². The number of aromatic nitrogens is 1. The van der Waals surface area contributed by atoms with E-state index in [0.29, 0.717) is 5.13 Å². The van der Waals surface area contributed by atoms with E-state index in [9.17, 15) is 9.18 Å². The zero-order valence-corrected chi connectivity index (χ0v) is 12.1. The van der Waals surface area contributed by atoms with E-state index in [2.05, 4.69) is 10.3 Å². The highest BCUT2D eigenvalue weighted by molar-refractivity contribution is 7.14. The molecule has 0 aliphatic rings. The van der Waals surface area contributed by atoms with Gasteiger partial charge in [0, 0.05) is 16.6 Å². The number of aromatic carboxylic acids is 1. The van der Waals surface area contributed by atoms with E-state index in [1.54, 1.807) is 24.3 Å². The van der Waals surface area contributed by atoms with Crippen molar-refractivity contribution in [3.63, 3.8) is 0 Å². The predicted molar refractivity (Wildman–Crippen MR) is 84.2 cm³/mol. The van der Waals surface area contributed by atoms with Crippen molar-refractivity contribution in [2.45, 2.75) is 0 Å². The topological polar surface area (TPSA) is 62.2 Å². The average molecular weight is 314 g/mol. The minimum atomic E-state index is -0.959. The fraction of sp³-hybridized carbons (Fsp3) is 0. The molecule has 2 aromatic carbocycles. The molecule has 3 rings (SSSR count). The Bertz CT molecular complexity index is 798. The molecule has 110 valence electrons. The molecule has 0 unspecified atom stereocenters. The summed E-state index contributed by atoms with van der Waals surface area (Å²) in [5, 5.41) is 14.5. The van der Waals surface area contributed by atoms with Crippen LogP contribution in [0.25, 0.3) is 11.3 Å². The molecule has 0 fully saturated rings. The van der Waals surface area contributed by atoms with Crippen LogP contribution in [0.5, 0.6) is 0 Å². The zero-order valence-electron chi connectivity index (χ0n) is 11.3. The second kappa shape index (κ2) is 5.95. The standard InChI is InChI=1S/C16H11FN2O2S/c17-12-5-1-10(2-6-12)14-9-22-16(19-14)18-13-7-3-11(4-8-13)15(20)21/h1-9H,(H,18,19)(H,20,21). The summed E-state index contributed by atoms with van der Waals surface area (Å²) in [4.78, 5) is 15.2. The highest BCUT2D eigenvalue weighted by Gasteiger charge is 2.06. The van der Waals surface area contributed by atoms with Crippen LogP contribution in [-0.4, -0.2) is 16.1 Å². The van der Waals surface area contributed by atoms with E-state index in [4.69, 9.17) is 5.11 Å². The Morgan fingerprint density at radius 1 is 1.09 bits per heavy atom. The molecule has 6 heteroatoms. The van der Waals surface area contributed by atoms with Gasteiger partial charge in [0.25, 0.3) is 0 Å². The van der Waals surface area contributed by atoms with Crippen molar-refractivity contribution < 1.29 is 14.3 Å². The SMILES string of the molecule is O=C(O)c1ccc(Nc2nc(-c3ccc(F)cc3)cs2)cc1. The number of rotatable bonds is 4. The van der Waals surface area contributed by atoms with E-state index >= 15 is 0 Å². The maximum absolute atomic E-state index is 12.9. The van der Waals surface area contributed by atoms with Gasteiger partial charge in [-0.2, -0.15) is 0 Å². The van der Waals surface area contributed by atoms with Gasteiger partial charge in [0.1, 0.15) is 5.82 Å². The van der Waals surface area contributed by atoms with Crippen LogP contribution in [0.2, 0.25) is 0 Å². The first-order chi connectivity index (χ1) is 10.6. The van der Waals surface area contributed by atoms with E-state index < -0.39 is 5.97 Å². The van der Waals surface area contributed by atoms with Gasteiger partial charge in [0.15, 0.2) is 5.13 Å². The van der Waals surface area contributed by atoms with Gasteiger partial charge in [-0.15, -0.1) is 11.3 Å². The van der Waals surface area contributed by atoms with Crippen LogP contribution in [0.4, 0.5) is 15.2 Å². The van der Waals surface area contributed by atoms with Gasteiger partial charge in [-0.05, 0) is 48.5 Å². The summed E-state index contributed by atoms with van der Waals surface area (Å²) in [7, 11) is 0. The molecule has 0 aliphatic carbocycles. The van der Waals surface area contributed by atoms with Crippen molar-refractivity contribution >= 4 is 28.1 Å². The number of carboxylic acid groups (broad SMARTS) is 1. The van der Waals surface area contributed by atoms with E-state index in [1.165, 1.54) is 35.6 Å². The quantitative estimate of drug-likeness (QED) is 0.749. The third-order valence-corrected chi connectivity index (χ3v) is 3.79. The molecule has 0 amide bonds. The van der Waals surface area contributed by atoms with Gasteiger partial charge < -0.3 is 10.4 Å². The largest absolute Gasteiger partial charge is 0.478 e. The summed E-state index contributed by atoms with van der Waals surface area (Å²) >= 11 is 1.42. The van der Waals surface area contributed by atoms with E-state index in [1.807, 2.05) is 5.38 Å². The van der Waals surface area contributed by atoms with Crippen LogP contribution < -0.4 is 5.32 Å². The van der Waals surface area contributed by atoms with Crippen LogP contribution >= 0.6 is 11.3 Å². The maximum Gasteiger partial charge on any atom is 0.335 e. The Morgan fingerprint density at radius 3 is 2.41 bits per heavy atom. The van der Waals surface area contributed by atoms with Crippen LogP contribution in [0.1, 0.15) is 10.4 Å². The van der Waals surface area contributed by atoms with Crippen molar-refractivity contribution in [1.29, 1.82) is 0 Å². The summed E-state index contributed by atoms with van der Waals surface area (Å²) in [6.45, 7) is 0. The molecule has 0 aliphatic heterocycles. The number of carboxylic acids is 1. The number of nitrogens with one attached hydrogen (secondary N) is 1. The number of carbonyl (C=O) groups is 1. The molecule has 1 heterocycles. The number of hydrogen-bond donors (Lipinski definition) is 2. The molecule has 22 heavy (non-hydrogen) atoms. The fourth-order valence-corrected chi connectivity index (χ4v) is 2.64. The van der Waals surface area contributed by atoms with Crippen LogP contribution in [0.3, 0.4) is 0 Å². The number of hydrogen-bond acceptors (Lipinski definition) is 4. The van der Waals surface area contributed by atoms with Gasteiger partial charge in [-0.25, -0.2) is 14.2 Å². The first-order valence-electron chi connectivity index (χ1n) is 6.44. The maximum atomic E-state index is 12.9. The molecule has 2 N–H and O–H groups in total. The lowest BCUT2D eigenvalue weighted by atomic mass is 10.2. The van der Waals surface area contributed by atoms with Gasteiger partial charge >= 0.3 is 5.97 Å². The molecule has 0 saturated carbocycles. The van der Waals surface area contributed by atoms with Crippen molar-refractivity contribution in [3.8, 4) is 11.3 Å². The van der Waals surface area contributed by atoms with Gasteiger partial charge in [0.2, 0.25) is 0 Å². The van der Waals surface area contributed by atoms with Crippen LogP contribution in [0, 0.1) is 5.82 Å². The van der Waals surface area contributed by atoms with Gasteiger partial charge in [-0.1, -0.05) is 0 Å². The number of halogens is 1. The fourth-order valence-electron chi connectivity index (χ4n) is 1.90. The van der Waals surface area contributed by atoms with E-state index in [0.717, 1.165) is 16.9 Å². The first-order valence-corrected chi connectivity index (χ1v) is 7.31. The summed E-state index contributed by atoms with van der Waals surface area (Å²) in [5.41, 5.74) is 2.59. The molecular formula is C16H11FN2O2S.